The summed E-state index contributed by atoms with van der Waals surface area (Å²) in [5.74, 6) is 1.76. The summed E-state index contributed by atoms with van der Waals surface area (Å²) in [6.45, 7) is 0. The summed E-state index contributed by atoms with van der Waals surface area (Å²) in [6.07, 6.45) is 11.2. The molecule has 1 nitrogen and oxygen atoms in total. The maximum absolute atomic E-state index is 6.95. The van der Waals surface area contributed by atoms with Crippen LogP contribution in [0, 0.1) is 11.8 Å². The van der Waals surface area contributed by atoms with Gasteiger partial charge in [0, 0.05) is 17.3 Å². The van der Waals surface area contributed by atoms with Gasteiger partial charge in [-0.25, -0.2) is 0 Å². The fraction of sp³-hybridized carbons (Fsp3) is 0.370. The highest BCUT2D eigenvalue weighted by Gasteiger charge is 2.39. The second kappa shape index (κ2) is 7.82. The quantitative estimate of drug-likeness (QED) is 0.459. The summed E-state index contributed by atoms with van der Waals surface area (Å²) in [5, 5.41) is -0.146. The van der Waals surface area contributed by atoms with Crippen molar-refractivity contribution >= 4 is 7.85 Å². The Morgan fingerprint density at radius 2 is 1.45 bits per heavy atom. The number of pyridine rings is 1. The molecule has 3 atom stereocenters. The standard InChI is InChI=1S/C27H28BN/c28-27(17-16-20-6-4-5-9-23(20)18-27)25-13-10-21(11-14-25)24-12-15-26(29-19-24)22-7-2-1-3-8-22/h1-3,7-8,10-15,19-20,23H,4-6,9,16-18H2. The van der Waals surface area contributed by atoms with Gasteiger partial charge in [0.05, 0.1) is 13.5 Å². The van der Waals surface area contributed by atoms with Crippen molar-refractivity contribution in [1.82, 2.24) is 4.98 Å². The highest BCUT2D eigenvalue weighted by atomic mass is 14.7. The molecule has 0 spiro atoms. The molecule has 1 aromatic heterocycles. The molecule has 3 aromatic rings. The number of rotatable bonds is 3. The van der Waals surface area contributed by atoms with Gasteiger partial charge in [-0.05, 0) is 35.2 Å². The van der Waals surface area contributed by atoms with E-state index in [1.807, 2.05) is 24.4 Å². The summed E-state index contributed by atoms with van der Waals surface area (Å²) in [5.41, 5.74) is 5.82. The van der Waals surface area contributed by atoms with Crippen molar-refractivity contribution in [2.45, 2.75) is 50.3 Å². The Balaban J connectivity index is 1.34. The molecular weight excluding hydrogens is 349 g/mol. The fourth-order valence-electron chi connectivity index (χ4n) is 5.55. The first-order valence-electron chi connectivity index (χ1n) is 11.1. The molecule has 2 fully saturated rings. The maximum Gasteiger partial charge on any atom is 0.0810 e. The van der Waals surface area contributed by atoms with Crippen LogP contribution >= 0.6 is 0 Å². The van der Waals surface area contributed by atoms with Crippen molar-refractivity contribution in [3.05, 3.63) is 78.5 Å². The SMILES string of the molecule is [B]C1(c2ccc(-c3ccc(-c4ccccc4)nc3)cc2)CCC2CCCCC2C1. The molecule has 1 heterocycles. The number of fused-ring (bicyclic) bond motifs is 1. The Kier molecular flexibility index (Phi) is 5.03. The average molecular weight is 377 g/mol. The van der Waals surface area contributed by atoms with E-state index in [0.29, 0.717) is 0 Å². The average Bonchev–Trinajstić information content (AvgIpc) is 2.80. The summed E-state index contributed by atoms with van der Waals surface area (Å²) in [7, 11) is 6.95. The van der Waals surface area contributed by atoms with E-state index in [1.165, 1.54) is 43.2 Å². The number of hydrogen-bond acceptors (Lipinski definition) is 1. The molecule has 0 amide bonds. The monoisotopic (exact) mass is 377 g/mol. The smallest absolute Gasteiger partial charge is 0.0810 e. The third kappa shape index (κ3) is 3.78. The van der Waals surface area contributed by atoms with E-state index in [-0.39, 0.29) is 5.31 Å². The minimum atomic E-state index is -0.146. The molecule has 2 aliphatic rings. The van der Waals surface area contributed by atoms with Crippen molar-refractivity contribution in [3.63, 3.8) is 0 Å². The Morgan fingerprint density at radius 3 is 2.17 bits per heavy atom. The predicted octanol–water partition coefficient (Wildman–Crippen LogP) is 6.77. The molecule has 5 rings (SSSR count). The molecule has 0 bridgehead atoms. The molecule has 2 aliphatic carbocycles. The predicted molar refractivity (Wildman–Crippen MR) is 122 cm³/mol. The van der Waals surface area contributed by atoms with Gasteiger partial charge in [0.1, 0.15) is 0 Å². The van der Waals surface area contributed by atoms with E-state index in [4.69, 9.17) is 7.85 Å². The van der Waals surface area contributed by atoms with E-state index >= 15 is 0 Å². The van der Waals surface area contributed by atoms with Gasteiger partial charge < -0.3 is 0 Å². The van der Waals surface area contributed by atoms with Crippen LogP contribution in [0.4, 0.5) is 0 Å². The van der Waals surface area contributed by atoms with Crippen LogP contribution in [0.2, 0.25) is 0 Å². The molecule has 2 radical (unpaired) electrons. The van der Waals surface area contributed by atoms with Gasteiger partial charge in [-0.1, -0.05) is 105 Å². The normalized spacial score (nSPS) is 26.6. The van der Waals surface area contributed by atoms with Crippen LogP contribution < -0.4 is 0 Å². The van der Waals surface area contributed by atoms with Gasteiger partial charge in [-0.15, -0.1) is 0 Å². The summed E-state index contributed by atoms with van der Waals surface area (Å²) < 4.78 is 0. The van der Waals surface area contributed by atoms with Crippen molar-refractivity contribution in [2.24, 2.45) is 11.8 Å². The Morgan fingerprint density at radius 1 is 0.724 bits per heavy atom. The lowest BCUT2D eigenvalue weighted by Gasteiger charge is -2.46. The second-order valence-electron chi connectivity index (χ2n) is 9.08. The first-order chi connectivity index (χ1) is 14.2. The molecule has 29 heavy (non-hydrogen) atoms. The van der Waals surface area contributed by atoms with Crippen LogP contribution in [-0.4, -0.2) is 12.8 Å². The van der Waals surface area contributed by atoms with E-state index in [9.17, 15) is 0 Å². The third-order valence-electron chi connectivity index (χ3n) is 7.28. The molecular formula is C27H28BN. The molecule has 2 heteroatoms. The Labute approximate surface area is 176 Å². The lowest BCUT2D eigenvalue weighted by Crippen LogP contribution is -2.38. The van der Waals surface area contributed by atoms with Crippen molar-refractivity contribution in [3.8, 4) is 22.4 Å². The molecule has 2 saturated carbocycles. The minimum absolute atomic E-state index is 0.146. The second-order valence-corrected chi connectivity index (χ2v) is 9.08. The summed E-state index contributed by atoms with van der Waals surface area (Å²) >= 11 is 0. The number of hydrogen-bond donors (Lipinski definition) is 0. The molecule has 0 saturated heterocycles. The molecule has 2 aromatic carbocycles. The third-order valence-corrected chi connectivity index (χ3v) is 7.28. The van der Waals surface area contributed by atoms with Gasteiger partial charge >= 0.3 is 0 Å². The molecule has 0 N–H and O–H groups in total. The van der Waals surface area contributed by atoms with E-state index in [2.05, 4.69) is 53.5 Å². The zero-order chi connectivity index (χ0) is 19.7. The van der Waals surface area contributed by atoms with Gasteiger partial charge in [-0.2, -0.15) is 0 Å². The van der Waals surface area contributed by atoms with Crippen molar-refractivity contribution in [1.29, 1.82) is 0 Å². The highest BCUT2D eigenvalue weighted by Crippen LogP contribution is 2.48. The molecule has 0 aliphatic heterocycles. The summed E-state index contributed by atoms with van der Waals surface area (Å²) in [6, 6.07) is 23.5. The van der Waals surface area contributed by atoms with Crippen molar-refractivity contribution in [2.75, 3.05) is 0 Å². The lowest BCUT2D eigenvalue weighted by atomic mass is 9.51. The van der Waals surface area contributed by atoms with Crippen LogP contribution in [-0.2, 0) is 5.31 Å². The number of aromatic nitrogens is 1. The van der Waals surface area contributed by atoms with Crippen LogP contribution in [0.3, 0.4) is 0 Å². The zero-order valence-electron chi connectivity index (χ0n) is 17.1. The van der Waals surface area contributed by atoms with Gasteiger partial charge in [-0.3, -0.25) is 4.98 Å². The highest BCUT2D eigenvalue weighted by molar-refractivity contribution is 6.16. The molecule has 3 unspecified atom stereocenters. The zero-order valence-corrected chi connectivity index (χ0v) is 17.1. The molecule has 144 valence electrons. The minimum Gasteiger partial charge on any atom is -0.256 e. The van der Waals surface area contributed by atoms with Crippen molar-refractivity contribution < 1.29 is 0 Å². The van der Waals surface area contributed by atoms with Gasteiger partial charge in [0.15, 0.2) is 0 Å². The van der Waals surface area contributed by atoms with Gasteiger partial charge in [0.2, 0.25) is 0 Å². The number of benzene rings is 2. The van der Waals surface area contributed by atoms with E-state index < -0.39 is 0 Å². The van der Waals surface area contributed by atoms with E-state index in [1.54, 1.807) is 0 Å². The van der Waals surface area contributed by atoms with Crippen LogP contribution in [0.15, 0.2) is 72.9 Å². The van der Waals surface area contributed by atoms with Gasteiger partial charge in [0.25, 0.3) is 0 Å². The first kappa shape index (κ1) is 18.7. The van der Waals surface area contributed by atoms with Crippen LogP contribution in [0.5, 0.6) is 0 Å². The van der Waals surface area contributed by atoms with Crippen LogP contribution in [0.25, 0.3) is 22.4 Å². The topological polar surface area (TPSA) is 12.9 Å². The maximum atomic E-state index is 6.95. The first-order valence-corrected chi connectivity index (χ1v) is 11.1. The largest absolute Gasteiger partial charge is 0.256 e. The summed E-state index contributed by atoms with van der Waals surface area (Å²) in [4.78, 5) is 4.67. The lowest BCUT2D eigenvalue weighted by molar-refractivity contribution is 0.141. The Hall–Kier alpha value is -2.35. The Bertz CT molecular complexity index is 948. The fourth-order valence-corrected chi connectivity index (χ4v) is 5.55. The van der Waals surface area contributed by atoms with E-state index in [0.717, 1.165) is 41.5 Å². The van der Waals surface area contributed by atoms with Crippen LogP contribution in [0.1, 0.15) is 50.5 Å². The number of nitrogens with zero attached hydrogens (tertiary/aromatic N) is 1.